The Bertz CT molecular complexity index is 2100. The molecule has 5 aromatic rings. The summed E-state index contributed by atoms with van der Waals surface area (Å²) in [6.45, 7) is 6.02. The number of esters is 4. The van der Waals surface area contributed by atoms with E-state index in [0.29, 0.717) is 37.0 Å². The Balaban J connectivity index is 1.28. The standard InChI is InChI=1S/C46H48N2O10/c1-4-53-39(49)22-14-15-31-23-25-32(26-24-31)27-37-40(30(2)3)47-48-42(37)58-46-41(57-45(52)35-20-12-7-13-21-35)38(56-44(51)34-18-10-6-11-19-34)28-36(55-46)29-54-43(50)33-16-8-5-9-17-33/h5-13,16-21,23-26,30,36,38,41,46H,4,14-15,22,27-29H2,1-3H3,(H,47,48). The maximum atomic E-state index is 13.6. The number of aromatic amines is 1. The van der Waals surface area contributed by atoms with Crippen LogP contribution in [-0.2, 0) is 41.3 Å². The lowest BCUT2D eigenvalue weighted by molar-refractivity contribution is -0.241. The fourth-order valence-electron chi connectivity index (χ4n) is 6.63. The zero-order valence-corrected chi connectivity index (χ0v) is 32.8. The average molecular weight is 789 g/mol. The SMILES string of the molecule is CCOC(=O)CCCc1ccc(Cc2c(OC3OC(COC(=O)c4ccccc4)CC(OC(=O)c4ccccc4)C3OC(=O)c3ccccc3)n[nH]c2C(C)C)cc1. The molecular weight excluding hydrogens is 741 g/mol. The van der Waals surface area contributed by atoms with Crippen LogP contribution in [0.2, 0.25) is 0 Å². The average Bonchev–Trinajstić information content (AvgIpc) is 3.64. The van der Waals surface area contributed by atoms with Crippen molar-refractivity contribution in [1.29, 1.82) is 0 Å². The summed E-state index contributed by atoms with van der Waals surface area (Å²) in [4.78, 5) is 52.0. The molecule has 0 aliphatic carbocycles. The van der Waals surface area contributed by atoms with Gasteiger partial charge in [0.05, 0.1) is 29.4 Å². The van der Waals surface area contributed by atoms with Gasteiger partial charge >= 0.3 is 23.9 Å². The monoisotopic (exact) mass is 788 g/mol. The third kappa shape index (κ3) is 11.2. The molecule has 0 spiro atoms. The molecule has 4 aromatic carbocycles. The van der Waals surface area contributed by atoms with Gasteiger partial charge in [0.2, 0.25) is 18.3 Å². The largest absolute Gasteiger partial charge is 0.466 e. The first-order chi connectivity index (χ1) is 28.2. The van der Waals surface area contributed by atoms with E-state index in [1.165, 1.54) is 0 Å². The maximum absolute atomic E-state index is 13.6. The van der Waals surface area contributed by atoms with Crippen molar-refractivity contribution in [3.8, 4) is 5.88 Å². The minimum absolute atomic E-state index is 0.0179. The summed E-state index contributed by atoms with van der Waals surface area (Å²) in [7, 11) is 0. The minimum atomic E-state index is -1.35. The van der Waals surface area contributed by atoms with Crippen molar-refractivity contribution in [3.05, 3.63) is 154 Å². The molecule has 4 unspecified atom stereocenters. The van der Waals surface area contributed by atoms with Crippen molar-refractivity contribution in [2.75, 3.05) is 13.2 Å². The van der Waals surface area contributed by atoms with Gasteiger partial charge < -0.3 is 28.4 Å². The van der Waals surface area contributed by atoms with Gasteiger partial charge in [0.1, 0.15) is 12.7 Å². The van der Waals surface area contributed by atoms with Crippen LogP contribution in [0, 0.1) is 0 Å². The summed E-state index contributed by atoms with van der Waals surface area (Å²) < 4.78 is 35.9. The molecule has 1 aliphatic heterocycles. The second-order valence-electron chi connectivity index (χ2n) is 14.2. The van der Waals surface area contributed by atoms with Gasteiger partial charge in [-0.05, 0) is 73.2 Å². The van der Waals surface area contributed by atoms with Crippen molar-refractivity contribution < 1.29 is 47.6 Å². The molecular formula is C46H48N2O10. The van der Waals surface area contributed by atoms with Gasteiger partial charge in [-0.2, -0.15) is 0 Å². The van der Waals surface area contributed by atoms with Crippen molar-refractivity contribution in [2.24, 2.45) is 0 Å². The van der Waals surface area contributed by atoms with Crippen LogP contribution in [0.3, 0.4) is 0 Å². The van der Waals surface area contributed by atoms with Crippen molar-refractivity contribution in [3.63, 3.8) is 0 Å². The summed E-state index contributed by atoms with van der Waals surface area (Å²) in [5.74, 6) is -1.83. The highest BCUT2D eigenvalue weighted by Gasteiger charge is 2.46. The molecule has 302 valence electrons. The molecule has 0 saturated carbocycles. The number of carbonyl (C=O) groups is 4. The molecule has 0 radical (unpaired) electrons. The van der Waals surface area contributed by atoms with E-state index < -0.39 is 42.5 Å². The summed E-state index contributed by atoms with van der Waals surface area (Å²) in [6, 6.07) is 33.6. The summed E-state index contributed by atoms with van der Waals surface area (Å²) in [5, 5.41) is 7.68. The Labute approximate surface area is 337 Å². The van der Waals surface area contributed by atoms with E-state index in [2.05, 4.69) is 10.2 Å². The Morgan fingerprint density at radius 2 is 1.31 bits per heavy atom. The van der Waals surface area contributed by atoms with Crippen LogP contribution in [0.5, 0.6) is 5.88 Å². The van der Waals surface area contributed by atoms with Crippen molar-refractivity contribution in [2.45, 2.75) is 83.4 Å². The first-order valence-electron chi connectivity index (χ1n) is 19.5. The lowest BCUT2D eigenvalue weighted by Gasteiger charge is -2.39. The number of ether oxygens (including phenoxy) is 6. The van der Waals surface area contributed by atoms with Crippen LogP contribution in [0.1, 0.15) is 99.4 Å². The van der Waals surface area contributed by atoms with E-state index in [-0.39, 0.29) is 36.4 Å². The van der Waals surface area contributed by atoms with Gasteiger partial charge in [-0.25, -0.2) is 14.4 Å². The fraction of sp³-hybridized carbons (Fsp3) is 0.326. The fourth-order valence-corrected chi connectivity index (χ4v) is 6.63. The normalized spacial score (nSPS) is 17.6. The second-order valence-corrected chi connectivity index (χ2v) is 14.2. The van der Waals surface area contributed by atoms with Gasteiger partial charge in [-0.1, -0.05) is 92.7 Å². The minimum Gasteiger partial charge on any atom is -0.466 e. The molecule has 0 bridgehead atoms. The van der Waals surface area contributed by atoms with E-state index in [1.807, 2.05) is 38.1 Å². The van der Waals surface area contributed by atoms with Gasteiger partial charge in [0.25, 0.3) is 0 Å². The molecule has 0 amide bonds. The molecule has 1 saturated heterocycles. The zero-order valence-electron chi connectivity index (χ0n) is 32.8. The molecule has 1 fully saturated rings. The number of carbonyl (C=O) groups excluding carboxylic acids is 4. The van der Waals surface area contributed by atoms with Gasteiger partial charge in [-0.3, -0.25) is 9.89 Å². The zero-order chi connectivity index (χ0) is 40.9. The molecule has 58 heavy (non-hydrogen) atoms. The highest BCUT2D eigenvalue weighted by Crippen LogP contribution is 2.33. The summed E-state index contributed by atoms with van der Waals surface area (Å²) in [5.41, 5.74) is 4.61. The molecule has 6 rings (SSSR count). The molecule has 1 N–H and O–H groups in total. The van der Waals surface area contributed by atoms with E-state index in [1.54, 1.807) is 97.9 Å². The predicted octanol–water partition coefficient (Wildman–Crippen LogP) is 7.81. The summed E-state index contributed by atoms with van der Waals surface area (Å²) in [6.07, 6.45) is -2.29. The van der Waals surface area contributed by atoms with E-state index >= 15 is 0 Å². The van der Waals surface area contributed by atoms with E-state index in [0.717, 1.165) is 28.8 Å². The Morgan fingerprint density at radius 3 is 1.90 bits per heavy atom. The highest BCUT2D eigenvalue weighted by molar-refractivity contribution is 5.90. The van der Waals surface area contributed by atoms with Crippen LogP contribution in [0.25, 0.3) is 0 Å². The third-order valence-corrected chi connectivity index (χ3v) is 9.61. The molecule has 12 nitrogen and oxygen atoms in total. The number of nitrogens with zero attached hydrogens (tertiary/aromatic N) is 1. The lowest BCUT2D eigenvalue weighted by Crippen LogP contribution is -2.55. The predicted molar refractivity (Wildman–Crippen MR) is 213 cm³/mol. The first kappa shape index (κ1) is 41.4. The molecule has 12 heteroatoms. The third-order valence-electron chi connectivity index (χ3n) is 9.61. The number of aryl methyl sites for hydroxylation is 1. The van der Waals surface area contributed by atoms with Gasteiger partial charge in [0, 0.05) is 30.5 Å². The number of nitrogens with one attached hydrogen (secondary N) is 1. The van der Waals surface area contributed by atoms with Gasteiger partial charge in [-0.15, -0.1) is 5.10 Å². The molecule has 4 atom stereocenters. The number of H-pyrrole nitrogens is 1. The number of benzene rings is 4. The lowest BCUT2D eigenvalue weighted by atomic mass is 9.98. The van der Waals surface area contributed by atoms with Crippen LogP contribution in [0.4, 0.5) is 0 Å². The van der Waals surface area contributed by atoms with E-state index in [9.17, 15) is 19.2 Å². The first-order valence-corrected chi connectivity index (χ1v) is 19.5. The van der Waals surface area contributed by atoms with Gasteiger partial charge in [0.15, 0.2) is 0 Å². The second kappa shape index (κ2) is 20.2. The molecule has 2 heterocycles. The highest BCUT2D eigenvalue weighted by atomic mass is 16.7. The van der Waals surface area contributed by atoms with Crippen LogP contribution in [0.15, 0.2) is 115 Å². The Hall–Kier alpha value is -6.27. The topological polar surface area (TPSA) is 152 Å². The summed E-state index contributed by atoms with van der Waals surface area (Å²) >= 11 is 0. The number of hydrogen-bond acceptors (Lipinski definition) is 11. The maximum Gasteiger partial charge on any atom is 0.338 e. The van der Waals surface area contributed by atoms with Crippen molar-refractivity contribution in [1.82, 2.24) is 10.2 Å². The molecule has 1 aliphatic rings. The number of hydrogen-bond donors (Lipinski definition) is 1. The molecule has 1 aromatic heterocycles. The Kier molecular flexibility index (Phi) is 14.4. The number of rotatable bonds is 17. The van der Waals surface area contributed by atoms with Crippen LogP contribution in [-0.4, -0.2) is 71.9 Å². The number of aromatic nitrogens is 2. The smallest absolute Gasteiger partial charge is 0.338 e. The van der Waals surface area contributed by atoms with Crippen molar-refractivity contribution >= 4 is 23.9 Å². The van der Waals surface area contributed by atoms with E-state index in [4.69, 9.17) is 28.4 Å². The quantitative estimate of drug-likeness (QED) is 0.0726. The van der Waals surface area contributed by atoms with Crippen LogP contribution < -0.4 is 4.74 Å². The van der Waals surface area contributed by atoms with Crippen LogP contribution >= 0.6 is 0 Å². The Morgan fingerprint density at radius 1 is 0.741 bits per heavy atom.